The Labute approximate surface area is 84.3 Å². The molecule has 0 fully saturated rings. The lowest BCUT2D eigenvalue weighted by Crippen LogP contribution is -2.40. The monoisotopic (exact) mass is 195 g/mol. The van der Waals surface area contributed by atoms with Crippen LogP contribution in [0.4, 0.5) is 5.82 Å². The zero-order chi connectivity index (χ0) is 10.6. The van der Waals surface area contributed by atoms with E-state index in [0.29, 0.717) is 6.04 Å². The molecule has 1 atom stereocenters. The lowest BCUT2D eigenvalue weighted by Gasteiger charge is -2.28. The van der Waals surface area contributed by atoms with Crippen molar-refractivity contribution in [2.75, 3.05) is 11.4 Å². The van der Waals surface area contributed by atoms with E-state index in [0.717, 1.165) is 12.4 Å². The van der Waals surface area contributed by atoms with Gasteiger partial charge in [-0.2, -0.15) is 0 Å². The normalized spacial score (nSPS) is 12.9. The van der Waals surface area contributed by atoms with E-state index in [9.17, 15) is 0 Å². The molecule has 1 aromatic heterocycles. The van der Waals surface area contributed by atoms with E-state index in [1.54, 1.807) is 6.20 Å². The smallest absolute Gasteiger partial charge is 0.170 e. The highest BCUT2D eigenvalue weighted by Crippen LogP contribution is 2.10. The molecule has 5 nitrogen and oxygen atoms in total. The number of anilines is 1. The van der Waals surface area contributed by atoms with Crippen molar-refractivity contribution < 1.29 is 0 Å². The molecule has 0 saturated carbocycles. The van der Waals surface area contributed by atoms with Gasteiger partial charge in [0, 0.05) is 18.6 Å². The van der Waals surface area contributed by atoms with Crippen LogP contribution < -0.4 is 10.6 Å². The van der Waals surface area contributed by atoms with Crippen molar-refractivity contribution >= 4 is 5.82 Å². The van der Waals surface area contributed by atoms with Gasteiger partial charge in [-0.3, -0.25) is 0 Å². The summed E-state index contributed by atoms with van der Waals surface area (Å²) >= 11 is 0. The molecule has 1 unspecified atom stereocenters. The SMILES string of the molecule is CC(N)CN(c1cncnn1)C(C)C. The second kappa shape index (κ2) is 4.85. The Balaban J connectivity index is 2.78. The standard InChI is InChI=1S/C9H17N5/c1-7(2)14(5-8(3)10)9-4-11-6-12-13-9/h4,6-8H,5,10H2,1-3H3. The highest BCUT2D eigenvalue weighted by molar-refractivity contribution is 5.35. The molecule has 0 aromatic carbocycles. The molecule has 1 aromatic rings. The molecule has 0 aliphatic carbocycles. The quantitative estimate of drug-likeness (QED) is 0.754. The molecule has 0 radical (unpaired) electrons. The van der Waals surface area contributed by atoms with E-state index in [2.05, 4.69) is 33.9 Å². The van der Waals surface area contributed by atoms with Crippen LogP contribution in [0.25, 0.3) is 0 Å². The maximum atomic E-state index is 5.76. The minimum absolute atomic E-state index is 0.111. The van der Waals surface area contributed by atoms with Crippen LogP contribution in [0.15, 0.2) is 12.5 Å². The Hall–Kier alpha value is -1.23. The number of rotatable bonds is 4. The number of nitrogens with zero attached hydrogens (tertiary/aromatic N) is 4. The first-order chi connectivity index (χ1) is 6.61. The number of nitrogens with two attached hydrogens (primary N) is 1. The van der Waals surface area contributed by atoms with Crippen LogP contribution in [-0.4, -0.2) is 33.8 Å². The summed E-state index contributed by atoms with van der Waals surface area (Å²) < 4.78 is 0. The van der Waals surface area contributed by atoms with E-state index in [-0.39, 0.29) is 6.04 Å². The number of hydrogen-bond donors (Lipinski definition) is 1. The molecular formula is C9H17N5. The first-order valence-electron chi connectivity index (χ1n) is 4.76. The third-order valence-corrected chi connectivity index (χ3v) is 1.87. The summed E-state index contributed by atoms with van der Waals surface area (Å²) in [5.74, 6) is 0.778. The van der Waals surface area contributed by atoms with Crippen molar-refractivity contribution in [3.8, 4) is 0 Å². The first kappa shape index (κ1) is 10.8. The van der Waals surface area contributed by atoms with Crippen molar-refractivity contribution in [3.63, 3.8) is 0 Å². The van der Waals surface area contributed by atoms with Gasteiger partial charge >= 0.3 is 0 Å². The average molecular weight is 195 g/mol. The predicted octanol–water partition coefficient (Wildman–Crippen LogP) is 0.434. The Morgan fingerprint density at radius 1 is 1.43 bits per heavy atom. The van der Waals surface area contributed by atoms with Crippen molar-refractivity contribution in [2.45, 2.75) is 32.9 Å². The minimum Gasteiger partial charge on any atom is -0.350 e. The molecule has 0 bridgehead atoms. The minimum atomic E-state index is 0.111. The maximum absolute atomic E-state index is 5.76. The van der Waals surface area contributed by atoms with Crippen LogP contribution >= 0.6 is 0 Å². The molecule has 0 spiro atoms. The molecular weight excluding hydrogens is 178 g/mol. The van der Waals surface area contributed by atoms with Gasteiger partial charge in [-0.15, -0.1) is 10.2 Å². The van der Waals surface area contributed by atoms with Gasteiger partial charge in [0.1, 0.15) is 6.33 Å². The second-order valence-electron chi connectivity index (χ2n) is 3.69. The van der Waals surface area contributed by atoms with E-state index >= 15 is 0 Å². The van der Waals surface area contributed by atoms with Crippen molar-refractivity contribution in [3.05, 3.63) is 12.5 Å². The van der Waals surface area contributed by atoms with Crippen molar-refractivity contribution in [2.24, 2.45) is 5.73 Å². The summed E-state index contributed by atoms with van der Waals surface area (Å²) in [5, 5.41) is 7.76. The molecule has 0 aliphatic rings. The van der Waals surface area contributed by atoms with Crippen molar-refractivity contribution in [1.82, 2.24) is 15.2 Å². The van der Waals surface area contributed by atoms with Crippen LogP contribution in [0.5, 0.6) is 0 Å². The summed E-state index contributed by atoms with van der Waals surface area (Å²) in [6, 6.07) is 0.457. The molecule has 2 N–H and O–H groups in total. The van der Waals surface area contributed by atoms with Gasteiger partial charge in [0.05, 0.1) is 6.20 Å². The Bertz CT molecular complexity index is 259. The van der Waals surface area contributed by atoms with Gasteiger partial charge in [0.2, 0.25) is 0 Å². The second-order valence-corrected chi connectivity index (χ2v) is 3.69. The molecule has 0 amide bonds. The molecule has 1 rings (SSSR count). The zero-order valence-electron chi connectivity index (χ0n) is 8.88. The molecule has 78 valence electrons. The number of hydrogen-bond acceptors (Lipinski definition) is 5. The zero-order valence-corrected chi connectivity index (χ0v) is 8.88. The van der Waals surface area contributed by atoms with Gasteiger partial charge in [0.25, 0.3) is 0 Å². The molecule has 0 aliphatic heterocycles. The third-order valence-electron chi connectivity index (χ3n) is 1.87. The van der Waals surface area contributed by atoms with Crippen LogP contribution in [0.3, 0.4) is 0 Å². The van der Waals surface area contributed by atoms with Gasteiger partial charge in [-0.05, 0) is 20.8 Å². The third kappa shape index (κ3) is 2.92. The summed E-state index contributed by atoms with van der Waals surface area (Å²) in [5.41, 5.74) is 5.76. The topological polar surface area (TPSA) is 67.9 Å². The van der Waals surface area contributed by atoms with Gasteiger partial charge < -0.3 is 10.6 Å². The van der Waals surface area contributed by atoms with Crippen LogP contribution in [0.1, 0.15) is 20.8 Å². The fourth-order valence-electron chi connectivity index (χ4n) is 1.25. The number of aromatic nitrogens is 3. The van der Waals surface area contributed by atoms with Crippen LogP contribution in [0.2, 0.25) is 0 Å². The van der Waals surface area contributed by atoms with E-state index in [1.165, 1.54) is 6.33 Å². The van der Waals surface area contributed by atoms with E-state index in [1.807, 2.05) is 6.92 Å². The van der Waals surface area contributed by atoms with Crippen LogP contribution in [-0.2, 0) is 0 Å². The highest BCUT2D eigenvalue weighted by atomic mass is 15.3. The predicted molar refractivity (Wildman–Crippen MR) is 56.0 cm³/mol. The average Bonchev–Trinajstić information content (AvgIpc) is 2.15. The van der Waals surface area contributed by atoms with Gasteiger partial charge in [-0.1, -0.05) is 0 Å². The Kier molecular flexibility index (Phi) is 3.76. The first-order valence-corrected chi connectivity index (χ1v) is 4.76. The van der Waals surface area contributed by atoms with E-state index < -0.39 is 0 Å². The summed E-state index contributed by atoms with van der Waals surface area (Å²) in [6.07, 6.45) is 3.13. The van der Waals surface area contributed by atoms with Gasteiger partial charge in [0.15, 0.2) is 5.82 Å². The molecule has 5 heteroatoms. The highest BCUT2D eigenvalue weighted by Gasteiger charge is 2.13. The maximum Gasteiger partial charge on any atom is 0.170 e. The Morgan fingerprint density at radius 3 is 2.57 bits per heavy atom. The Morgan fingerprint density at radius 2 is 2.14 bits per heavy atom. The summed E-state index contributed by atoms with van der Waals surface area (Å²) in [4.78, 5) is 6.03. The molecule has 14 heavy (non-hydrogen) atoms. The fourth-order valence-corrected chi connectivity index (χ4v) is 1.25. The summed E-state index contributed by atoms with van der Waals surface area (Å²) in [7, 11) is 0. The van der Waals surface area contributed by atoms with Crippen molar-refractivity contribution in [1.29, 1.82) is 0 Å². The molecule has 0 saturated heterocycles. The molecule has 1 heterocycles. The fraction of sp³-hybridized carbons (Fsp3) is 0.667. The largest absolute Gasteiger partial charge is 0.350 e. The lowest BCUT2D eigenvalue weighted by molar-refractivity contribution is 0.608. The van der Waals surface area contributed by atoms with Crippen LogP contribution in [0, 0.1) is 0 Å². The summed E-state index contributed by atoms with van der Waals surface area (Å²) in [6.45, 7) is 6.92. The van der Waals surface area contributed by atoms with E-state index in [4.69, 9.17) is 5.73 Å². The lowest BCUT2D eigenvalue weighted by atomic mass is 10.2. The van der Waals surface area contributed by atoms with Gasteiger partial charge in [-0.25, -0.2) is 4.98 Å².